The van der Waals surface area contributed by atoms with Crippen LogP contribution in [-0.4, -0.2) is 43.8 Å². The van der Waals surface area contributed by atoms with Crippen molar-refractivity contribution >= 4 is 21.7 Å². The van der Waals surface area contributed by atoms with Crippen LogP contribution >= 0.6 is 0 Å². The van der Waals surface area contributed by atoms with Crippen LogP contribution in [0.2, 0.25) is 0 Å². The number of nitrogens with zero attached hydrogens (tertiary/aromatic N) is 2. The molecule has 10 heteroatoms. The molecule has 0 aliphatic heterocycles. The van der Waals surface area contributed by atoms with Crippen molar-refractivity contribution < 1.29 is 26.4 Å². The molecule has 0 aliphatic rings. The molecule has 0 atom stereocenters. The quantitative estimate of drug-likeness (QED) is 0.655. The van der Waals surface area contributed by atoms with Gasteiger partial charge in [0, 0.05) is 32.4 Å². The van der Waals surface area contributed by atoms with Crippen LogP contribution in [0.5, 0.6) is 0 Å². The molecule has 2 aromatic carbocycles. The highest BCUT2D eigenvalue weighted by Crippen LogP contribution is 2.32. The summed E-state index contributed by atoms with van der Waals surface area (Å²) in [4.78, 5) is 13.7. The standard InChI is InChI=1S/C21H26F3N3O3S/c1-5-27(6-2)31(29,30)19-13-17(12-11-15(19)3)25-20(28)26(4)14-16-9-7-8-10-18(16)21(22,23)24/h7-13H,5-6,14H2,1-4H3,(H,25,28). The van der Waals surface area contributed by atoms with E-state index < -0.39 is 27.8 Å². The van der Waals surface area contributed by atoms with E-state index >= 15 is 0 Å². The zero-order chi connectivity index (χ0) is 23.4. The Morgan fingerprint density at radius 2 is 1.68 bits per heavy atom. The summed E-state index contributed by atoms with van der Waals surface area (Å²) in [5, 5.41) is 2.56. The van der Waals surface area contributed by atoms with Gasteiger partial charge < -0.3 is 10.2 Å². The predicted octanol–water partition coefficient (Wildman–Crippen LogP) is 4.71. The van der Waals surface area contributed by atoms with Crippen molar-refractivity contribution in [2.45, 2.75) is 38.4 Å². The van der Waals surface area contributed by atoms with E-state index in [1.54, 1.807) is 32.9 Å². The number of rotatable bonds is 7. The Balaban J connectivity index is 2.24. The molecular formula is C21H26F3N3O3S. The molecular weight excluding hydrogens is 431 g/mol. The average molecular weight is 458 g/mol. The number of urea groups is 1. The van der Waals surface area contributed by atoms with E-state index in [-0.39, 0.29) is 22.7 Å². The van der Waals surface area contributed by atoms with Gasteiger partial charge in [-0.1, -0.05) is 38.1 Å². The first-order chi connectivity index (χ1) is 14.4. The maximum atomic E-state index is 13.2. The Hall–Kier alpha value is -2.59. The van der Waals surface area contributed by atoms with Gasteiger partial charge in [-0.3, -0.25) is 0 Å². The van der Waals surface area contributed by atoms with Crippen molar-refractivity contribution in [3.05, 3.63) is 59.2 Å². The Labute approximate surface area is 180 Å². The fraction of sp³-hybridized carbons (Fsp3) is 0.381. The summed E-state index contributed by atoms with van der Waals surface area (Å²) in [6.07, 6.45) is -4.53. The van der Waals surface area contributed by atoms with E-state index in [9.17, 15) is 26.4 Å². The van der Waals surface area contributed by atoms with Gasteiger partial charge >= 0.3 is 12.2 Å². The molecule has 0 spiro atoms. The highest BCUT2D eigenvalue weighted by atomic mass is 32.2. The van der Waals surface area contributed by atoms with Crippen LogP contribution in [-0.2, 0) is 22.7 Å². The monoisotopic (exact) mass is 457 g/mol. The molecule has 0 saturated carbocycles. The van der Waals surface area contributed by atoms with E-state index in [4.69, 9.17) is 0 Å². The average Bonchev–Trinajstić information content (AvgIpc) is 2.69. The molecule has 0 aromatic heterocycles. The minimum atomic E-state index is -4.53. The van der Waals surface area contributed by atoms with E-state index in [1.165, 1.54) is 35.6 Å². The third kappa shape index (κ3) is 5.76. The third-order valence-electron chi connectivity index (χ3n) is 4.84. The topological polar surface area (TPSA) is 69.7 Å². The normalized spacial score (nSPS) is 12.1. The molecule has 0 radical (unpaired) electrons. The van der Waals surface area contributed by atoms with Crippen LogP contribution in [0.4, 0.5) is 23.7 Å². The largest absolute Gasteiger partial charge is 0.416 e. The van der Waals surface area contributed by atoms with E-state index in [0.29, 0.717) is 18.7 Å². The second-order valence-electron chi connectivity index (χ2n) is 7.01. The maximum absolute atomic E-state index is 13.2. The van der Waals surface area contributed by atoms with Gasteiger partial charge in [-0.25, -0.2) is 13.2 Å². The lowest BCUT2D eigenvalue weighted by Gasteiger charge is -2.22. The first kappa shape index (κ1) is 24.7. The van der Waals surface area contributed by atoms with Gasteiger partial charge in [-0.05, 0) is 36.2 Å². The summed E-state index contributed by atoms with van der Waals surface area (Å²) in [6, 6.07) is 8.86. The fourth-order valence-corrected chi connectivity index (χ4v) is 4.85. The molecule has 0 saturated heterocycles. The number of amides is 2. The summed E-state index contributed by atoms with van der Waals surface area (Å²) in [7, 11) is -2.37. The van der Waals surface area contributed by atoms with Crippen molar-refractivity contribution in [3.63, 3.8) is 0 Å². The number of carbonyl (C=O) groups excluding carboxylic acids is 1. The van der Waals surface area contributed by atoms with E-state index in [0.717, 1.165) is 11.0 Å². The maximum Gasteiger partial charge on any atom is 0.416 e. The number of alkyl halides is 3. The lowest BCUT2D eigenvalue weighted by atomic mass is 10.1. The van der Waals surface area contributed by atoms with E-state index in [1.807, 2.05) is 0 Å². The molecule has 31 heavy (non-hydrogen) atoms. The fourth-order valence-electron chi connectivity index (χ4n) is 3.14. The highest BCUT2D eigenvalue weighted by molar-refractivity contribution is 7.89. The van der Waals surface area contributed by atoms with Gasteiger partial charge in [0.1, 0.15) is 0 Å². The molecule has 2 amide bonds. The Kier molecular flexibility index (Phi) is 7.72. The minimum absolute atomic E-state index is 0.0404. The van der Waals surface area contributed by atoms with Crippen molar-refractivity contribution in [3.8, 4) is 0 Å². The van der Waals surface area contributed by atoms with E-state index in [2.05, 4.69) is 5.32 Å². The van der Waals surface area contributed by atoms with Gasteiger partial charge in [0.2, 0.25) is 10.0 Å². The van der Waals surface area contributed by atoms with Gasteiger partial charge in [0.05, 0.1) is 10.5 Å². The number of aryl methyl sites for hydroxylation is 1. The zero-order valence-corrected chi connectivity index (χ0v) is 18.6. The molecule has 0 aliphatic carbocycles. The minimum Gasteiger partial charge on any atom is -0.323 e. The summed E-state index contributed by atoms with van der Waals surface area (Å²) in [5.41, 5.74) is -0.0893. The van der Waals surface area contributed by atoms with Crippen LogP contribution in [0.1, 0.15) is 30.5 Å². The van der Waals surface area contributed by atoms with Crippen LogP contribution in [0.15, 0.2) is 47.4 Å². The Morgan fingerprint density at radius 3 is 2.26 bits per heavy atom. The lowest BCUT2D eigenvalue weighted by molar-refractivity contribution is -0.138. The molecule has 6 nitrogen and oxygen atoms in total. The summed E-state index contributed by atoms with van der Waals surface area (Å²) in [5.74, 6) is 0. The molecule has 0 fully saturated rings. The molecule has 2 rings (SSSR count). The molecule has 1 N–H and O–H groups in total. The number of carbonyl (C=O) groups is 1. The highest BCUT2D eigenvalue weighted by Gasteiger charge is 2.33. The molecule has 0 bridgehead atoms. The number of anilines is 1. The van der Waals surface area contributed by atoms with Gasteiger partial charge in [0.15, 0.2) is 0 Å². The number of nitrogens with one attached hydrogen (secondary N) is 1. The van der Waals surface area contributed by atoms with Crippen molar-refractivity contribution in [1.29, 1.82) is 0 Å². The first-order valence-electron chi connectivity index (χ1n) is 9.69. The first-order valence-corrected chi connectivity index (χ1v) is 11.1. The lowest BCUT2D eigenvalue weighted by Crippen LogP contribution is -2.32. The van der Waals surface area contributed by atoms with Crippen LogP contribution in [0, 0.1) is 6.92 Å². The Morgan fingerprint density at radius 1 is 1.06 bits per heavy atom. The number of benzene rings is 2. The van der Waals surface area contributed by atoms with Crippen molar-refractivity contribution in [1.82, 2.24) is 9.21 Å². The van der Waals surface area contributed by atoms with Crippen LogP contribution in [0.25, 0.3) is 0 Å². The third-order valence-corrected chi connectivity index (χ3v) is 7.03. The smallest absolute Gasteiger partial charge is 0.323 e. The molecule has 0 heterocycles. The summed E-state index contributed by atoms with van der Waals surface area (Å²) in [6.45, 7) is 5.46. The van der Waals surface area contributed by atoms with Gasteiger partial charge in [0.25, 0.3) is 0 Å². The number of hydrogen-bond donors (Lipinski definition) is 1. The second-order valence-corrected chi connectivity index (χ2v) is 8.92. The summed E-state index contributed by atoms with van der Waals surface area (Å²) >= 11 is 0. The molecule has 0 unspecified atom stereocenters. The van der Waals surface area contributed by atoms with Crippen molar-refractivity contribution in [2.24, 2.45) is 0 Å². The van der Waals surface area contributed by atoms with Gasteiger partial charge in [-0.15, -0.1) is 0 Å². The summed E-state index contributed by atoms with van der Waals surface area (Å²) < 4.78 is 66.6. The Bertz CT molecular complexity index is 1040. The number of sulfonamides is 1. The van der Waals surface area contributed by atoms with Crippen molar-refractivity contribution in [2.75, 3.05) is 25.5 Å². The molecule has 170 valence electrons. The predicted molar refractivity (Wildman–Crippen MR) is 113 cm³/mol. The van der Waals surface area contributed by atoms with Gasteiger partial charge in [-0.2, -0.15) is 17.5 Å². The molecule has 2 aromatic rings. The van der Waals surface area contributed by atoms with Crippen LogP contribution in [0.3, 0.4) is 0 Å². The SMILES string of the molecule is CCN(CC)S(=O)(=O)c1cc(NC(=O)N(C)Cc2ccccc2C(F)(F)F)ccc1C. The second kappa shape index (κ2) is 9.69. The number of halogens is 3. The number of hydrogen-bond acceptors (Lipinski definition) is 3. The zero-order valence-electron chi connectivity index (χ0n) is 17.8. The van der Waals surface area contributed by atoms with Crippen LogP contribution < -0.4 is 5.32 Å².